The fourth-order valence-corrected chi connectivity index (χ4v) is 4.41. The Morgan fingerprint density at radius 2 is 2.00 bits per heavy atom. The van der Waals surface area contributed by atoms with Crippen LogP contribution < -0.4 is 10.2 Å². The smallest absolute Gasteiger partial charge is 0.260 e. The number of fused-ring (bicyclic) bond motifs is 1. The van der Waals surface area contributed by atoms with Gasteiger partial charge in [-0.1, -0.05) is 25.1 Å². The zero-order valence-electron chi connectivity index (χ0n) is 15.6. The van der Waals surface area contributed by atoms with Gasteiger partial charge in [0.05, 0.1) is 4.90 Å². The SMILES string of the molecule is CC(C)CNC(=O)COn1nnc2ccc(S(=O)(=O)N3CCCCC3)cc21. The molecule has 1 saturated heterocycles. The molecule has 1 aliphatic heterocycles. The van der Waals surface area contributed by atoms with Crippen LogP contribution in [0.3, 0.4) is 0 Å². The second-order valence-electron chi connectivity index (χ2n) is 7.05. The molecule has 0 unspecified atom stereocenters. The lowest BCUT2D eigenvalue weighted by molar-refractivity contribution is -0.126. The number of nitrogens with one attached hydrogen (secondary N) is 1. The lowest BCUT2D eigenvalue weighted by atomic mass is 10.2. The van der Waals surface area contributed by atoms with Crippen LogP contribution >= 0.6 is 0 Å². The van der Waals surface area contributed by atoms with Crippen LogP contribution in [0, 0.1) is 5.92 Å². The summed E-state index contributed by atoms with van der Waals surface area (Å²) in [7, 11) is -3.57. The number of amides is 1. The molecule has 0 bridgehead atoms. The number of benzene rings is 1. The molecule has 1 amide bonds. The lowest BCUT2D eigenvalue weighted by Gasteiger charge is -2.25. The molecule has 0 spiro atoms. The standard InChI is InChI=1S/C17H25N5O4S/c1-13(2)11-18-17(23)12-26-22-16-10-14(6-7-15(16)19-20-22)27(24,25)21-8-4-3-5-9-21/h6-7,10,13H,3-5,8-9,11-12H2,1-2H3,(H,18,23). The predicted molar refractivity (Wildman–Crippen MR) is 99.4 cm³/mol. The van der Waals surface area contributed by atoms with E-state index >= 15 is 0 Å². The first-order chi connectivity index (χ1) is 12.9. The molecule has 148 valence electrons. The van der Waals surface area contributed by atoms with Crippen LogP contribution in [0.2, 0.25) is 0 Å². The van der Waals surface area contributed by atoms with Crippen molar-refractivity contribution < 1.29 is 18.0 Å². The molecular formula is C17H25N5O4S. The summed E-state index contributed by atoms with van der Waals surface area (Å²) >= 11 is 0. The van der Waals surface area contributed by atoms with Crippen molar-refractivity contribution in [3.05, 3.63) is 18.2 Å². The van der Waals surface area contributed by atoms with Crippen molar-refractivity contribution in [1.82, 2.24) is 24.8 Å². The number of hydrogen-bond acceptors (Lipinski definition) is 6. The van der Waals surface area contributed by atoms with Crippen LogP contribution in [0.1, 0.15) is 33.1 Å². The maximum absolute atomic E-state index is 12.9. The molecule has 2 heterocycles. The number of rotatable bonds is 7. The number of nitrogens with zero attached hydrogens (tertiary/aromatic N) is 4. The van der Waals surface area contributed by atoms with E-state index < -0.39 is 10.0 Å². The maximum Gasteiger partial charge on any atom is 0.260 e. The highest BCUT2D eigenvalue weighted by atomic mass is 32.2. The zero-order chi connectivity index (χ0) is 19.4. The minimum Gasteiger partial charge on any atom is -0.385 e. The Morgan fingerprint density at radius 1 is 1.26 bits per heavy atom. The normalized spacial score (nSPS) is 16.0. The Bertz CT molecular complexity index is 903. The van der Waals surface area contributed by atoms with Gasteiger partial charge in [0.15, 0.2) is 6.61 Å². The predicted octanol–water partition coefficient (Wildman–Crippen LogP) is 0.807. The average molecular weight is 395 g/mol. The van der Waals surface area contributed by atoms with Crippen LogP contribution in [0.25, 0.3) is 11.0 Å². The van der Waals surface area contributed by atoms with Crippen molar-refractivity contribution in [3.8, 4) is 0 Å². The van der Waals surface area contributed by atoms with Crippen molar-refractivity contribution in [2.24, 2.45) is 5.92 Å². The summed E-state index contributed by atoms with van der Waals surface area (Å²) in [4.78, 5) is 18.5. The van der Waals surface area contributed by atoms with Gasteiger partial charge in [0, 0.05) is 19.6 Å². The fourth-order valence-electron chi connectivity index (χ4n) is 2.88. The molecule has 0 radical (unpaired) electrons. The van der Waals surface area contributed by atoms with Gasteiger partial charge in [-0.3, -0.25) is 4.79 Å². The Morgan fingerprint density at radius 3 is 2.70 bits per heavy atom. The van der Waals surface area contributed by atoms with E-state index in [0.717, 1.165) is 24.1 Å². The summed E-state index contributed by atoms with van der Waals surface area (Å²) in [6.45, 7) is 5.38. The number of carbonyl (C=O) groups excluding carboxylic acids is 1. The number of piperidine rings is 1. The average Bonchev–Trinajstić information content (AvgIpc) is 3.07. The van der Waals surface area contributed by atoms with Gasteiger partial charge in [-0.05, 0) is 42.2 Å². The summed E-state index contributed by atoms with van der Waals surface area (Å²) in [6.07, 6.45) is 2.79. The van der Waals surface area contributed by atoms with Gasteiger partial charge in [-0.25, -0.2) is 8.42 Å². The molecular weight excluding hydrogens is 370 g/mol. The van der Waals surface area contributed by atoms with Gasteiger partial charge in [0.25, 0.3) is 5.91 Å². The molecule has 10 heteroatoms. The quantitative estimate of drug-likeness (QED) is 0.743. The van der Waals surface area contributed by atoms with Gasteiger partial charge in [0.1, 0.15) is 11.0 Å². The molecule has 0 atom stereocenters. The van der Waals surface area contributed by atoms with Gasteiger partial charge in [-0.15, -0.1) is 5.10 Å². The van der Waals surface area contributed by atoms with E-state index in [4.69, 9.17) is 4.84 Å². The fraction of sp³-hybridized carbons (Fsp3) is 0.588. The molecule has 1 fully saturated rings. The molecule has 1 N–H and O–H groups in total. The summed E-state index contributed by atoms with van der Waals surface area (Å²) in [5.74, 6) is 0.0631. The van der Waals surface area contributed by atoms with Crippen molar-refractivity contribution in [3.63, 3.8) is 0 Å². The second-order valence-corrected chi connectivity index (χ2v) is 8.99. The van der Waals surface area contributed by atoms with Crippen LogP contribution in [0.15, 0.2) is 23.1 Å². The van der Waals surface area contributed by atoms with E-state index in [2.05, 4.69) is 15.6 Å². The summed E-state index contributed by atoms with van der Waals surface area (Å²) in [5.41, 5.74) is 0.903. The monoisotopic (exact) mass is 395 g/mol. The Labute approximate surface area is 158 Å². The highest BCUT2D eigenvalue weighted by Crippen LogP contribution is 2.23. The van der Waals surface area contributed by atoms with E-state index in [9.17, 15) is 13.2 Å². The van der Waals surface area contributed by atoms with Gasteiger partial charge < -0.3 is 10.2 Å². The molecule has 0 aliphatic carbocycles. The molecule has 9 nitrogen and oxygen atoms in total. The first-order valence-corrected chi connectivity index (χ1v) is 10.6. The minimum atomic E-state index is -3.57. The topological polar surface area (TPSA) is 106 Å². The molecule has 1 aromatic heterocycles. The molecule has 3 rings (SSSR count). The molecule has 2 aromatic rings. The van der Waals surface area contributed by atoms with E-state index in [1.54, 1.807) is 6.07 Å². The highest BCUT2D eigenvalue weighted by Gasteiger charge is 2.26. The Balaban J connectivity index is 1.77. The van der Waals surface area contributed by atoms with E-state index in [-0.39, 0.29) is 17.4 Å². The second kappa shape index (κ2) is 8.22. The third-order valence-corrected chi connectivity index (χ3v) is 6.26. The lowest BCUT2D eigenvalue weighted by Crippen LogP contribution is -2.35. The van der Waals surface area contributed by atoms with Crippen LogP contribution in [0.5, 0.6) is 0 Å². The van der Waals surface area contributed by atoms with Crippen molar-refractivity contribution in [1.29, 1.82) is 0 Å². The summed E-state index contributed by atoms with van der Waals surface area (Å²) in [5, 5.41) is 10.6. The van der Waals surface area contributed by atoms with Gasteiger partial charge in [0.2, 0.25) is 10.0 Å². The van der Waals surface area contributed by atoms with Crippen molar-refractivity contribution in [2.45, 2.75) is 38.0 Å². The summed E-state index contributed by atoms with van der Waals surface area (Å²) < 4.78 is 27.2. The number of aromatic nitrogens is 3. The molecule has 1 aromatic carbocycles. The Hall–Kier alpha value is -2.20. The van der Waals surface area contributed by atoms with E-state index in [1.807, 2.05) is 13.8 Å². The number of sulfonamides is 1. The highest BCUT2D eigenvalue weighted by molar-refractivity contribution is 7.89. The zero-order valence-corrected chi connectivity index (χ0v) is 16.4. The molecule has 0 saturated carbocycles. The maximum atomic E-state index is 12.9. The molecule has 27 heavy (non-hydrogen) atoms. The van der Waals surface area contributed by atoms with Crippen molar-refractivity contribution in [2.75, 3.05) is 26.2 Å². The molecule has 1 aliphatic rings. The first kappa shape index (κ1) is 19.6. The minimum absolute atomic E-state index is 0.174. The third-order valence-electron chi connectivity index (χ3n) is 4.36. The van der Waals surface area contributed by atoms with Crippen LogP contribution in [0.4, 0.5) is 0 Å². The third kappa shape index (κ3) is 4.56. The van der Waals surface area contributed by atoms with Gasteiger partial charge in [-0.2, -0.15) is 4.31 Å². The number of carbonyl (C=O) groups is 1. The Kier molecular flexibility index (Phi) is 5.95. The van der Waals surface area contributed by atoms with E-state index in [0.29, 0.717) is 36.6 Å². The first-order valence-electron chi connectivity index (χ1n) is 9.13. The van der Waals surface area contributed by atoms with Gasteiger partial charge >= 0.3 is 0 Å². The largest absolute Gasteiger partial charge is 0.385 e. The van der Waals surface area contributed by atoms with Crippen LogP contribution in [-0.4, -0.2) is 60.0 Å². The number of hydrogen-bond donors (Lipinski definition) is 1. The van der Waals surface area contributed by atoms with E-state index in [1.165, 1.54) is 16.4 Å². The van der Waals surface area contributed by atoms with Crippen molar-refractivity contribution >= 4 is 27.0 Å². The summed E-state index contributed by atoms with van der Waals surface area (Å²) in [6, 6.07) is 4.61. The van der Waals surface area contributed by atoms with Crippen LogP contribution in [-0.2, 0) is 14.8 Å².